The largest absolute Gasteiger partial charge is 0.481 e. The quantitative estimate of drug-likeness (QED) is 0.0902. The SMILES string of the molecule is CCCCC(CCC)C1(N)CCCCC1(C(CCC)CCCC)C(CCC)CCCC.O=C(O)CC(CC(=O)O)C(=O)O. The molecule has 1 aliphatic rings. The molecule has 0 aliphatic heterocycles. The lowest BCUT2D eigenvalue weighted by Gasteiger charge is -2.63. The van der Waals surface area contributed by atoms with Crippen molar-refractivity contribution in [1.82, 2.24) is 0 Å². The van der Waals surface area contributed by atoms with Gasteiger partial charge in [-0.2, -0.15) is 0 Å². The van der Waals surface area contributed by atoms with Crippen LogP contribution in [-0.2, 0) is 14.4 Å². The van der Waals surface area contributed by atoms with Gasteiger partial charge >= 0.3 is 17.9 Å². The fourth-order valence-electron chi connectivity index (χ4n) is 8.43. The molecule has 7 nitrogen and oxygen atoms in total. The first kappa shape index (κ1) is 41.4. The van der Waals surface area contributed by atoms with Gasteiger partial charge in [-0.1, -0.05) is 125 Å². The molecular formula is C36H69NO6. The molecule has 1 fully saturated rings. The van der Waals surface area contributed by atoms with Crippen molar-refractivity contribution in [2.24, 2.45) is 34.8 Å². The number of aliphatic carboxylic acids is 3. The van der Waals surface area contributed by atoms with Crippen LogP contribution >= 0.6 is 0 Å². The van der Waals surface area contributed by atoms with Crippen molar-refractivity contribution in [3.8, 4) is 0 Å². The number of hydrogen-bond donors (Lipinski definition) is 4. The molecule has 5 N–H and O–H groups in total. The molecule has 0 bridgehead atoms. The molecule has 0 heterocycles. The van der Waals surface area contributed by atoms with E-state index in [2.05, 4.69) is 41.5 Å². The van der Waals surface area contributed by atoms with Crippen LogP contribution in [0.5, 0.6) is 0 Å². The number of carboxylic acids is 3. The maximum absolute atomic E-state index is 10.2. The van der Waals surface area contributed by atoms with Gasteiger partial charge in [-0.05, 0) is 61.7 Å². The molecule has 0 aromatic rings. The number of hydrogen-bond acceptors (Lipinski definition) is 4. The third-order valence-electron chi connectivity index (χ3n) is 10.3. The monoisotopic (exact) mass is 612 g/mol. The second-order valence-electron chi connectivity index (χ2n) is 13.4. The lowest BCUT2D eigenvalue weighted by atomic mass is 9.44. The average molecular weight is 612 g/mol. The Morgan fingerprint density at radius 2 is 0.953 bits per heavy atom. The van der Waals surface area contributed by atoms with Gasteiger partial charge in [-0.3, -0.25) is 14.4 Å². The Hall–Kier alpha value is -1.63. The summed E-state index contributed by atoms with van der Waals surface area (Å²) in [5.74, 6) is -3.00. The summed E-state index contributed by atoms with van der Waals surface area (Å²) >= 11 is 0. The van der Waals surface area contributed by atoms with Crippen LogP contribution in [0.3, 0.4) is 0 Å². The zero-order valence-corrected chi connectivity index (χ0v) is 28.8. The minimum atomic E-state index is -1.40. The number of carboxylic acid groups (broad SMARTS) is 3. The van der Waals surface area contributed by atoms with Gasteiger partial charge in [0.25, 0.3) is 0 Å². The van der Waals surface area contributed by atoms with Gasteiger partial charge in [0.05, 0.1) is 18.8 Å². The van der Waals surface area contributed by atoms with E-state index in [1.165, 1.54) is 122 Å². The molecule has 1 aliphatic carbocycles. The molecule has 0 amide bonds. The predicted octanol–water partition coefficient (Wildman–Crippen LogP) is 9.70. The van der Waals surface area contributed by atoms with Crippen molar-refractivity contribution in [2.45, 2.75) is 182 Å². The predicted molar refractivity (Wildman–Crippen MR) is 177 cm³/mol. The standard InChI is InChI=1S/C30H61N.C6H8O6/c1-7-13-21-26(18-10-4)29(27(19-11-5)22-14-8-2)24-16-17-25-30(29,31)28(20-12-6)23-15-9-3;7-4(8)1-3(6(11)12)2-5(9)10/h26-28H,7-25,31H2,1-6H3;3H,1-2H2,(H,7,8)(H,9,10)(H,11,12). The van der Waals surface area contributed by atoms with Gasteiger partial charge < -0.3 is 21.1 Å². The molecule has 0 spiro atoms. The van der Waals surface area contributed by atoms with Gasteiger partial charge in [0.15, 0.2) is 0 Å². The highest BCUT2D eigenvalue weighted by Crippen LogP contribution is 2.61. The van der Waals surface area contributed by atoms with Crippen LogP contribution in [0.1, 0.15) is 176 Å². The fourth-order valence-corrected chi connectivity index (χ4v) is 8.43. The summed E-state index contributed by atoms with van der Waals surface area (Å²) in [4.78, 5) is 30.3. The Kier molecular flexibility index (Phi) is 22.0. The molecule has 1 rings (SSSR count). The normalized spacial score (nSPS) is 22.3. The lowest BCUT2D eigenvalue weighted by Crippen LogP contribution is -2.67. The summed E-state index contributed by atoms with van der Waals surface area (Å²) in [6.07, 6.45) is 24.6. The maximum atomic E-state index is 10.2. The molecule has 0 saturated heterocycles. The Balaban J connectivity index is 0.00000123. The van der Waals surface area contributed by atoms with Gasteiger partial charge in [0.1, 0.15) is 0 Å². The van der Waals surface area contributed by atoms with E-state index in [4.69, 9.17) is 21.1 Å². The number of unbranched alkanes of at least 4 members (excludes halogenated alkanes) is 3. The van der Waals surface area contributed by atoms with Gasteiger partial charge in [0.2, 0.25) is 0 Å². The van der Waals surface area contributed by atoms with E-state index >= 15 is 0 Å². The summed E-state index contributed by atoms with van der Waals surface area (Å²) < 4.78 is 0. The van der Waals surface area contributed by atoms with Crippen LogP contribution in [0, 0.1) is 29.1 Å². The van der Waals surface area contributed by atoms with E-state index in [0.717, 1.165) is 17.8 Å². The molecule has 43 heavy (non-hydrogen) atoms. The average Bonchev–Trinajstić information content (AvgIpc) is 2.95. The van der Waals surface area contributed by atoms with Crippen LogP contribution in [0.4, 0.5) is 0 Å². The van der Waals surface area contributed by atoms with E-state index in [0.29, 0.717) is 5.41 Å². The van der Waals surface area contributed by atoms with Crippen molar-refractivity contribution < 1.29 is 29.7 Å². The first-order valence-electron chi connectivity index (χ1n) is 17.9. The topological polar surface area (TPSA) is 138 Å². The second kappa shape index (κ2) is 22.8. The van der Waals surface area contributed by atoms with Crippen LogP contribution in [-0.4, -0.2) is 38.8 Å². The highest BCUT2D eigenvalue weighted by molar-refractivity contribution is 5.82. The number of nitrogens with two attached hydrogens (primary N) is 1. The lowest BCUT2D eigenvalue weighted by molar-refractivity contribution is -0.152. The van der Waals surface area contributed by atoms with E-state index in [1.54, 1.807) is 0 Å². The van der Waals surface area contributed by atoms with Gasteiger partial charge in [0, 0.05) is 5.54 Å². The molecule has 4 atom stereocenters. The molecular weight excluding hydrogens is 542 g/mol. The Labute approximate surface area is 264 Å². The molecule has 0 aromatic carbocycles. The summed E-state index contributed by atoms with van der Waals surface area (Å²) in [7, 11) is 0. The van der Waals surface area contributed by atoms with Crippen LogP contribution < -0.4 is 5.73 Å². The van der Waals surface area contributed by atoms with Crippen molar-refractivity contribution in [1.29, 1.82) is 0 Å². The smallest absolute Gasteiger partial charge is 0.307 e. The molecule has 4 unspecified atom stereocenters. The Bertz CT molecular complexity index is 737. The Morgan fingerprint density at radius 1 is 0.581 bits per heavy atom. The first-order chi connectivity index (χ1) is 20.4. The molecule has 254 valence electrons. The maximum Gasteiger partial charge on any atom is 0.307 e. The summed E-state index contributed by atoms with van der Waals surface area (Å²) in [5.41, 5.74) is 8.34. The van der Waals surface area contributed by atoms with Crippen molar-refractivity contribution in [3.63, 3.8) is 0 Å². The van der Waals surface area contributed by atoms with Crippen LogP contribution in [0.25, 0.3) is 0 Å². The number of rotatable bonds is 23. The second-order valence-corrected chi connectivity index (χ2v) is 13.4. The minimum absolute atomic E-state index is 0.0532. The molecule has 1 saturated carbocycles. The highest BCUT2D eigenvalue weighted by Gasteiger charge is 2.59. The van der Waals surface area contributed by atoms with E-state index < -0.39 is 36.7 Å². The summed E-state index contributed by atoms with van der Waals surface area (Å²) in [6, 6.07) is 0. The van der Waals surface area contributed by atoms with Crippen molar-refractivity contribution >= 4 is 17.9 Å². The van der Waals surface area contributed by atoms with Gasteiger partial charge in [-0.25, -0.2) is 0 Å². The van der Waals surface area contributed by atoms with Crippen molar-refractivity contribution in [3.05, 3.63) is 0 Å². The van der Waals surface area contributed by atoms with E-state index in [9.17, 15) is 14.4 Å². The fraction of sp³-hybridized carbons (Fsp3) is 0.917. The van der Waals surface area contributed by atoms with E-state index in [-0.39, 0.29) is 5.54 Å². The molecule has 0 radical (unpaired) electrons. The third kappa shape index (κ3) is 13.1. The van der Waals surface area contributed by atoms with Crippen LogP contribution in [0.2, 0.25) is 0 Å². The zero-order chi connectivity index (χ0) is 32.9. The summed E-state index contributed by atoms with van der Waals surface area (Å²) in [5, 5.41) is 24.7. The minimum Gasteiger partial charge on any atom is -0.481 e. The molecule has 7 heteroatoms. The third-order valence-corrected chi connectivity index (χ3v) is 10.3. The first-order valence-corrected chi connectivity index (χ1v) is 17.9. The molecule has 0 aromatic heterocycles. The number of carbonyl (C=O) groups is 3. The zero-order valence-electron chi connectivity index (χ0n) is 28.8. The van der Waals surface area contributed by atoms with Crippen LogP contribution in [0.15, 0.2) is 0 Å². The summed E-state index contributed by atoms with van der Waals surface area (Å²) in [6.45, 7) is 14.4. The highest BCUT2D eigenvalue weighted by atomic mass is 16.4. The van der Waals surface area contributed by atoms with E-state index in [1.807, 2.05) is 0 Å². The van der Waals surface area contributed by atoms with Gasteiger partial charge in [-0.15, -0.1) is 0 Å². The Morgan fingerprint density at radius 3 is 1.30 bits per heavy atom. The van der Waals surface area contributed by atoms with Crippen molar-refractivity contribution in [2.75, 3.05) is 0 Å².